The lowest BCUT2D eigenvalue weighted by atomic mass is 10.3. The fourth-order valence-electron chi connectivity index (χ4n) is 1.77. The van der Waals surface area contributed by atoms with Gasteiger partial charge in [0.05, 0.1) is 24.9 Å². The number of pyridine rings is 1. The predicted octanol–water partition coefficient (Wildman–Crippen LogP) is 2.62. The van der Waals surface area contributed by atoms with Gasteiger partial charge in [-0.25, -0.2) is 10.8 Å². The summed E-state index contributed by atoms with van der Waals surface area (Å²) in [5.74, 6) is 7.46. The smallest absolute Gasteiger partial charge is 0.203 e. The first-order chi connectivity index (χ1) is 10.2. The summed E-state index contributed by atoms with van der Waals surface area (Å²) >= 11 is 6.09. The van der Waals surface area contributed by atoms with Gasteiger partial charge in [0, 0.05) is 0 Å². The Morgan fingerprint density at radius 2 is 1.81 bits per heavy atom. The molecule has 1 heterocycles. The van der Waals surface area contributed by atoms with Gasteiger partial charge in [-0.1, -0.05) is 17.7 Å². The van der Waals surface area contributed by atoms with Crippen molar-refractivity contribution in [3.05, 3.63) is 41.0 Å². The zero-order valence-electron chi connectivity index (χ0n) is 11.7. The van der Waals surface area contributed by atoms with Crippen LogP contribution >= 0.6 is 11.6 Å². The molecule has 3 N–H and O–H groups in total. The van der Waals surface area contributed by atoms with Crippen LogP contribution in [0.15, 0.2) is 30.3 Å². The first kappa shape index (κ1) is 15.2. The number of hydrazine groups is 1. The molecular weight excluding hydrogens is 294 g/mol. The highest BCUT2D eigenvalue weighted by Crippen LogP contribution is 2.37. The second-order valence-electron chi connectivity index (χ2n) is 4.05. The number of hydrogen-bond donors (Lipinski definition) is 2. The lowest BCUT2D eigenvalue weighted by molar-refractivity contribution is 0.263. The molecule has 0 saturated carbocycles. The summed E-state index contributed by atoms with van der Waals surface area (Å²) in [6.07, 6.45) is 0. The number of ether oxygens (including phenoxy) is 3. The third-order valence-electron chi connectivity index (χ3n) is 2.80. The molecule has 1 aromatic carbocycles. The monoisotopic (exact) mass is 309 g/mol. The fourth-order valence-corrected chi connectivity index (χ4v) is 1.93. The molecule has 6 nitrogen and oxygen atoms in total. The van der Waals surface area contributed by atoms with Crippen LogP contribution in [0.2, 0.25) is 5.02 Å². The average molecular weight is 310 g/mol. The standard InChI is InChI=1S/C14H16ClN3O3/c1-19-11-4-3-5-12(20-2)14(11)21-8-10-9(15)6-7-13(17-10)18-16/h3-7H,8,16H2,1-2H3,(H,17,18). The number of nitrogen functional groups attached to an aromatic ring is 1. The van der Waals surface area contributed by atoms with Crippen LogP contribution in [0.3, 0.4) is 0 Å². The first-order valence-corrected chi connectivity index (χ1v) is 6.53. The summed E-state index contributed by atoms with van der Waals surface area (Å²) in [6, 6.07) is 8.75. The van der Waals surface area contributed by atoms with Gasteiger partial charge in [0.15, 0.2) is 11.5 Å². The summed E-state index contributed by atoms with van der Waals surface area (Å²) < 4.78 is 16.3. The molecule has 0 aliphatic rings. The van der Waals surface area contributed by atoms with E-state index < -0.39 is 0 Å². The molecule has 2 rings (SSSR count). The van der Waals surface area contributed by atoms with Gasteiger partial charge in [-0.2, -0.15) is 0 Å². The number of nitrogens with one attached hydrogen (secondary N) is 1. The summed E-state index contributed by atoms with van der Waals surface area (Å²) in [5, 5.41) is 0.489. The average Bonchev–Trinajstić information content (AvgIpc) is 2.53. The normalized spacial score (nSPS) is 10.1. The topological polar surface area (TPSA) is 78.6 Å². The van der Waals surface area contributed by atoms with Crippen molar-refractivity contribution in [3.8, 4) is 17.2 Å². The number of aromatic nitrogens is 1. The molecule has 0 bridgehead atoms. The Kier molecular flexibility index (Phi) is 5.08. The van der Waals surface area contributed by atoms with Gasteiger partial charge in [-0.15, -0.1) is 0 Å². The van der Waals surface area contributed by atoms with Crippen molar-refractivity contribution in [1.82, 2.24) is 4.98 Å². The molecule has 0 atom stereocenters. The highest BCUT2D eigenvalue weighted by Gasteiger charge is 2.13. The second-order valence-corrected chi connectivity index (χ2v) is 4.46. The molecule has 21 heavy (non-hydrogen) atoms. The summed E-state index contributed by atoms with van der Waals surface area (Å²) in [7, 11) is 3.12. The van der Waals surface area contributed by atoms with Crippen molar-refractivity contribution in [2.75, 3.05) is 19.6 Å². The molecule has 0 aliphatic carbocycles. The van der Waals surface area contributed by atoms with Crippen molar-refractivity contribution in [3.63, 3.8) is 0 Å². The largest absolute Gasteiger partial charge is 0.493 e. The molecule has 0 spiro atoms. The van der Waals surface area contributed by atoms with E-state index in [0.29, 0.717) is 33.8 Å². The second kappa shape index (κ2) is 7.01. The molecule has 7 heteroatoms. The minimum Gasteiger partial charge on any atom is -0.493 e. The summed E-state index contributed by atoms with van der Waals surface area (Å²) in [6.45, 7) is 0.158. The zero-order valence-corrected chi connectivity index (χ0v) is 12.5. The summed E-state index contributed by atoms with van der Waals surface area (Å²) in [4.78, 5) is 4.24. The van der Waals surface area contributed by atoms with Crippen LogP contribution in [0.5, 0.6) is 17.2 Å². The minimum absolute atomic E-state index is 0.158. The van der Waals surface area contributed by atoms with Gasteiger partial charge in [0.1, 0.15) is 12.4 Å². The van der Waals surface area contributed by atoms with E-state index in [1.807, 2.05) is 6.07 Å². The number of benzene rings is 1. The van der Waals surface area contributed by atoms with E-state index in [-0.39, 0.29) is 6.61 Å². The number of anilines is 1. The van der Waals surface area contributed by atoms with E-state index in [0.717, 1.165) is 0 Å². The Labute approximate surface area is 127 Å². The molecule has 112 valence electrons. The Bertz CT molecular complexity index is 600. The zero-order chi connectivity index (χ0) is 15.2. The highest BCUT2D eigenvalue weighted by atomic mass is 35.5. The molecule has 0 saturated heterocycles. The Morgan fingerprint density at radius 3 is 2.38 bits per heavy atom. The minimum atomic E-state index is 0.158. The van der Waals surface area contributed by atoms with E-state index in [4.69, 9.17) is 31.7 Å². The van der Waals surface area contributed by atoms with Gasteiger partial charge in [-0.3, -0.25) is 0 Å². The molecule has 0 radical (unpaired) electrons. The van der Waals surface area contributed by atoms with Crippen molar-refractivity contribution in [1.29, 1.82) is 0 Å². The quantitative estimate of drug-likeness (QED) is 0.631. The Hall–Kier alpha value is -2.18. The van der Waals surface area contributed by atoms with E-state index in [2.05, 4.69) is 10.4 Å². The number of methoxy groups -OCH3 is 2. The van der Waals surface area contributed by atoms with E-state index in [1.165, 1.54) is 0 Å². The van der Waals surface area contributed by atoms with Crippen LogP contribution < -0.4 is 25.5 Å². The predicted molar refractivity (Wildman–Crippen MR) is 80.9 cm³/mol. The van der Waals surface area contributed by atoms with Gasteiger partial charge in [0.2, 0.25) is 5.75 Å². The Balaban J connectivity index is 2.24. The SMILES string of the molecule is COc1cccc(OC)c1OCc1nc(NN)ccc1Cl. The van der Waals surface area contributed by atoms with E-state index in [9.17, 15) is 0 Å². The number of para-hydroxylation sites is 1. The van der Waals surface area contributed by atoms with Crippen LogP contribution in [-0.2, 0) is 6.61 Å². The van der Waals surface area contributed by atoms with Crippen LogP contribution in [0.1, 0.15) is 5.69 Å². The van der Waals surface area contributed by atoms with Gasteiger partial charge >= 0.3 is 0 Å². The van der Waals surface area contributed by atoms with Crippen LogP contribution in [-0.4, -0.2) is 19.2 Å². The van der Waals surface area contributed by atoms with Crippen molar-refractivity contribution in [2.45, 2.75) is 6.61 Å². The maximum Gasteiger partial charge on any atom is 0.203 e. The van der Waals surface area contributed by atoms with Gasteiger partial charge < -0.3 is 19.6 Å². The molecular formula is C14H16ClN3O3. The van der Waals surface area contributed by atoms with Crippen LogP contribution in [0.4, 0.5) is 5.82 Å². The molecule has 0 aliphatic heterocycles. The van der Waals surface area contributed by atoms with Crippen LogP contribution in [0.25, 0.3) is 0 Å². The Morgan fingerprint density at radius 1 is 1.14 bits per heavy atom. The number of halogens is 1. The summed E-state index contributed by atoms with van der Waals surface area (Å²) in [5.41, 5.74) is 3.02. The molecule has 0 fully saturated rings. The first-order valence-electron chi connectivity index (χ1n) is 6.15. The lowest BCUT2D eigenvalue weighted by Gasteiger charge is -2.14. The number of nitrogens with two attached hydrogens (primary N) is 1. The highest BCUT2D eigenvalue weighted by molar-refractivity contribution is 6.31. The van der Waals surface area contributed by atoms with Crippen molar-refractivity contribution >= 4 is 17.4 Å². The maximum absolute atomic E-state index is 6.09. The van der Waals surface area contributed by atoms with Crippen molar-refractivity contribution < 1.29 is 14.2 Å². The fraction of sp³-hybridized carbons (Fsp3) is 0.214. The number of nitrogens with zero attached hydrogens (tertiary/aromatic N) is 1. The van der Waals surface area contributed by atoms with E-state index >= 15 is 0 Å². The molecule has 1 aromatic heterocycles. The number of rotatable bonds is 6. The molecule has 0 amide bonds. The molecule has 2 aromatic rings. The third-order valence-corrected chi connectivity index (χ3v) is 3.15. The van der Waals surface area contributed by atoms with Gasteiger partial charge in [-0.05, 0) is 24.3 Å². The third kappa shape index (κ3) is 3.48. The lowest BCUT2D eigenvalue weighted by Crippen LogP contribution is -2.10. The van der Waals surface area contributed by atoms with Gasteiger partial charge in [0.25, 0.3) is 0 Å². The number of hydrogen-bond acceptors (Lipinski definition) is 6. The molecule has 0 unspecified atom stereocenters. The van der Waals surface area contributed by atoms with Crippen molar-refractivity contribution in [2.24, 2.45) is 5.84 Å². The van der Waals surface area contributed by atoms with E-state index in [1.54, 1.807) is 38.5 Å². The maximum atomic E-state index is 6.09. The van der Waals surface area contributed by atoms with Crippen LogP contribution in [0, 0.1) is 0 Å².